The molecule has 1 aromatic rings. The fraction of sp³-hybridized carbons (Fsp3) is 0.364. The first-order valence-corrected chi connectivity index (χ1v) is 6.45. The van der Waals surface area contributed by atoms with Crippen LogP contribution in [0.15, 0.2) is 18.3 Å². The molecule has 0 aliphatic carbocycles. The minimum Gasteiger partial charge on any atom is -0.481 e. The summed E-state index contributed by atoms with van der Waals surface area (Å²) in [7, 11) is 0. The van der Waals surface area contributed by atoms with Gasteiger partial charge >= 0.3 is 5.97 Å². The maximum Gasteiger partial charge on any atom is 0.313 e. The van der Waals surface area contributed by atoms with E-state index in [0.717, 1.165) is 11.8 Å². The Hall–Kier alpha value is -1.76. The van der Waals surface area contributed by atoms with E-state index in [2.05, 4.69) is 10.3 Å². The van der Waals surface area contributed by atoms with E-state index in [4.69, 9.17) is 9.84 Å². The van der Waals surface area contributed by atoms with Crippen molar-refractivity contribution in [3.63, 3.8) is 0 Å². The number of carbonyl (C=O) groups is 2. The van der Waals surface area contributed by atoms with Crippen LogP contribution in [0.4, 0.5) is 5.69 Å². The molecule has 18 heavy (non-hydrogen) atoms. The molecule has 0 bridgehead atoms. The number of anilines is 1. The molecule has 98 valence electrons. The van der Waals surface area contributed by atoms with Crippen LogP contribution in [-0.2, 0) is 9.59 Å². The van der Waals surface area contributed by atoms with Crippen LogP contribution in [0.3, 0.4) is 0 Å². The van der Waals surface area contributed by atoms with E-state index in [1.807, 2.05) is 6.92 Å². The van der Waals surface area contributed by atoms with Crippen molar-refractivity contribution in [1.82, 2.24) is 4.98 Å². The third-order valence-electron chi connectivity index (χ3n) is 1.77. The highest BCUT2D eigenvalue weighted by atomic mass is 32.2. The molecule has 6 nitrogen and oxygen atoms in total. The molecule has 0 spiro atoms. The second-order valence-corrected chi connectivity index (χ2v) is 4.24. The van der Waals surface area contributed by atoms with E-state index >= 15 is 0 Å². The summed E-state index contributed by atoms with van der Waals surface area (Å²) in [6.45, 7) is 2.39. The van der Waals surface area contributed by atoms with Gasteiger partial charge in [-0.1, -0.05) is 0 Å². The Kier molecular flexibility index (Phi) is 5.99. The summed E-state index contributed by atoms with van der Waals surface area (Å²) in [5, 5.41) is 11.0. The lowest BCUT2D eigenvalue weighted by Gasteiger charge is -2.05. The average molecular weight is 270 g/mol. The minimum atomic E-state index is -0.935. The SMILES string of the molecule is CCOc1ccc(NC(=O)CSCC(=O)O)cn1. The molecule has 1 heterocycles. The van der Waals surface area contributed by atoms with Gasteiger partial charge in [-0.3, -0.25) is 9.59 Å². The quantitative estimate of drug-likeness (QED) is 0.775. The second kappa shape index (κ2) is 7.54. The monoisotopic (exact) mass is 270 g/mol. The first kappa shape index (κ1) is 14.3. The molecule has 0 radical (unpaired) electrons. The molecule has 0 aromatic carbocycles. The zero-order valence-corrected chi connectivity index (χ0v) is 10.7. The van der Waals surface area contributed by atoms with Crippen molar-refractivity contribution in [2.24, 2.45) is 0 Å². The highest BCUT2D eigenvalue weighted by Gasteiger charge is 2.05. The number of thioether (sulfide) groups is 1. The van der Waals surface area contributed by atoms with Gasteiger partial charge < -0.3 is 15.2 Å². The third-order valence-corrected chi connectivity index (χ3v) is 2.69. The van der Waals surface area contributed by atoms with Crippen molar-refractivity contribution in [1.29, 1.82) is 0 Å². The Labute approximate surface area is 109 Å². The highest BCUT2D eigenvalue weighted by molar-refractivity contribution is 8.00. The number of carboxylic acid groups (broad SMARTS) is 1. The van der Waals surface area contributed by atoms with E-state index in [1.165, 1.54) is 6.20 Å². The van der Waals surface area contributed by atoms with E-state index in [9.17, 15) is 9.59 Å². The standard InChI is InChI=1S/C11H14N2O4S/c1-2-17-10-4-3-8(5-12-10)13-9(14)6-18-7-11(15)16/h3-5H,2,6-7H2,1H3,(H,13,14)(H,15,16). The molecule has 7 heteroatoms. The Morgan fingerprint density at radius 3 is 2.78 bits per heavy atom. The fourth-order valence-corrected chi connectivity index (χ4v) is 1.65. The number of aromatic nitrogens is 1. The van der Waals surface area contributed by atoms with Gasteiger partial charge in [0.1, 0.15) is 0 Å². The molecule has 0 aliphatic heterocycles. The van der Waals surface area contributed by atoms with Crippen LogP contribution >= 0.6 is 11.8 Å². The number of amides is 1. The zero-order valence-electron chi connectivity index (χ0n) is 9.88. The summed E-state index contributed by atoms with van der Waals surface area (Å²) >= 11 is 1.04. The van der Waals surface area contributed by atoms with E-state index in [-0.39, 0.29) is 17.4 Å². The maximum absolute atomic E-state index is 11.4. The van der Waals surface area contributed by atoms with Crippen LogP contribution in [0.25, 0.3) is 0 Å². The molecule has 1 amide bonds. The highest BCUT2D eigenvalue weighted by Crippen LogP contribution is 2.12. The van der Waals surface area contributed by atoms with Gasteiger partial charge in [0.15, 0.2) is 0 Å². The molecule has 1 aromatic heterocycles. The molecule has 2 N–H and O–H groups in total. The Balaban J connectivity index is 2.37. The van der Waals surface area contributed by atoms with Gasteiger partial charge in [-0.15, -0.1) is 11.8 Å². The van der Waals surface area contributed by atoms with Crippen molar-refractivity contribution >= 4 is 29.3 Å². The summed E-state index contributed by atoms with van der Waals surface area (Å²) in [5.41, 5.74) is 0.555. The van der Waals surface area contributed by atoms with E-state index in [0.29, 0.717) is 18.2 Å². The Bertz CT molecular complexity index is 408. The lowest BCUT2D eigenvalue weighted by molar-refractivity contribution is -0.133. The van der Waals surface area contributed by atoms with E-state index < -0.39 is 5.97 Å². The second-order valence-electron chi connectivity index (χ2n) is 3.25. The van der Waals surface area contributed by atoms with Gasteiger partial charge in [-0.25, -0.2) is 4.98 Å². The number of ether oxygens (including phenoxy) is 1. The zero-order chi connectivity index (χ0) is 13.4. The molecular weight excluding hydrogens is 256 g/mol. The van der Waals surface area contributed by atoms with Gasteiger partial charge in [0, 0.05) is 6.07 Å². The summed E-state index contributed by atoms with van der Waals surface area (Å²) in [5.74, 6) is -0.687. The largest absolute Gasteiger partial charge is 0.481 e. The van der Waals surface area contributed by atoms with Crippen LogP contribution in [0.1, 0.15) is 6.92 Å². The predicted molar refractivity (Wildman–Crippen MR) is 69.0 cm³/mol. The smallest absolute Gasteiger partial charge is 0.313 e. The third kappa shape index (κ3) is 5.53. The number of nitrogens with one attached hydrogen (secondary N) is 1. The Morgan fingerprint density at radius 1 is 1.44 bits per heavy atom. The number of nitrogens with zero attached hydrogens (tertiary/aromatic N) is 1. The molecule has 0 atom stereocenters. The minimum absolute atomic E-state index is 0.0883. The van der Waals surface area contributed by atoms with Gasteiger partial charge in [0.05, 0.1) is 30.0 Å². The van der Waals surface area contributed by atoms with E-state index in [1.54, 1.807) is 12.1 Å². The van der Waals surface area contributed by atoms with Crippen LogP contribution in [0, 0.1) is 0 Å². The summed E-state index contributed by atoms with van der Waals surface area (Å²) in [6.07, 6.45) is 1.49. The van der Waals surface area contributed by atoms with Crippen molar-refractivity contribution in [3.05, 3.63) is 18.3 Å². The Morgan fingerprint density at radius 2 is 2.22 bits per heavy atom. The van der Waals surface area contributed by atoms with Crippen molar-refractivity contribution in [3.8, 4) is 5.88 Å². The molecule has 1 rings (SSSR count). The predicted octanol–water partition coefficient (Wildman–Crippen LogP) is 1.24. The number of pyridine rings is 1. The number of hydrogen-bond donors (Lipinski definition) is 2. The van der Waals surface area contributed by atoms with Crippen LogP contribution in [0.5, 0.6) is 5.88 Å². The fourth-order valence-electron chi connectivity index (χ4n) is 1.12. The molecule has 0 unspecified atom stereocenters. The molecule has 0 aliphatic rings. The van der Waals surface area contributed by atoms with Crippen LogP contribution in [0.2, 0.25) is 0 Å². The lowest BCUT2D eigenvalue weighted by Crippen LogP contribution is -2.15. The number of hydrogen-bond acceptors (Lipinski definition) is 5. The van der Waals surface area contributed by atoms with Crippen molar-refractivity contribution < 1.29 is 19.4 Å². The topological polar surface area (TPSA) is 88.5 Å². The van der Waals surface area contributed by atoms with Gasteiger partial charge in [0.2, 0.25) is 11.8 Å². The normalized spacial score (nSPS) is 9.83. The van der Waals surface area contributed by atoms with Gasteiger partial charge in [-0.2, -0.15) is 0 Å². The summed E-state index contributed by atoms with van der Waals surface area (Å²) in [6, 6.07) is 3.33. The van der Waals surface area contributed by atoms with Gasteiger partial charge in [0.25, 0.3) is 0 Å². The van der Waals surface area contributed by atoms with Crippen LogP contribution < -0.4 is 10.1 Å². The van der Waals surface area contributed by atoms with Gasteiger partial charge in [-0.05, 0) is 13.0 Å². The molecule has 0 saturated heterocycles. The van der Waals surface area contributed by atoms with Crippen molar-refractivity contribution in [2.45, 2.75) is 6.92 Å². The van der Waals surface area contributed by atoms with Crippen LogP contribution in [-0.4, -0.2) is 40.1 Å². The van der Waals surface area contributed by atoms with Crippen molar-refractivity contribution in [2.75, 3.05) is 23.4 Å². The molecular formula is C11H14N2O4S. The lowest BCUT2D eigenvalue weighted by atomic mass is 10.4. The molecule has 0 fully saturated rings. The average Bonchev–Trinajstić information content (AvgIpc) is 2.31. The number of carbonyl (C=O) groups excluding carboxylic acids is 1. The number of carboxylic acids is 1. The number of rotatable bonds is 7. The number of aliphatic carboxylic acids is 1. The first-order chi connectivity index (χ1) is 8.61. The molecule has 0 saturated carbocycles. The summed E-state index contributed by atoms with van der Waals surface area (Å²) < 4.78 is 5.16. The maximum atomic E-state index is 11.4. The first-order valence-electron chi connectivity index (χ1n) is 5.30. The summed E-state index contributed by atoms with van der Waals surface area (Å²) in [4.78, 5) is 25.7.